The van der Waals surface area contributed by atoms with E-state index in [1.807, 2.05) is 37.3 Å². The summed E-state index contributed by atoms with van der Waals surface area (Å²) in [6.45, 7) is 1.95. The van der Waals surface area contributed by atoms with Gasteiger partial charge in [-0.1, -0.05) is 48.5 Å². The van der Waals surface area contributed by atoms with E-state index in [9.17, 15) is 18.3 Å². The third-order valence-electron chi connectivity index (χ3n) is 5.13. The zero-order valence-corrected chi connectivity index (χ0v) is 16.8. The number of sulfonamides is 1. The Labute approximate surface area is 167 Å². The van der Waals surface area contributed by atoms with Gasteiger partial charge in [0.15, 0.2) is 0 Å². The third kappa shape index (κ3) is 3.38. The summed E-state index contributed by atoms with van der Waals surface area (Å²) in [5.74, 6) is -0.790. The molecule has 2 aliphatic rings. The number of hydrogen-bond donors (Lipinski definition) is 2. The molecule has 2 N–H and O–H groups in total. The molecule has 4 rings (SSSR count). The fourth-order valence-electron chi connectivity index (χ4n) is 3.45. The molecule has 7 nitrogen and oxygen atoms in total. The lowest BCUT2D eigenvalue weighted by Gasteiger charge is -2.19. The van der Waals surface area contributed by atoms with Crippen LogP contribution in [-0.2, 0) is 21.2 Å². The van der Waals surface area contributed by atoms with E-state index in [4.69, 9.17) is 4.52 Å². The molecule has 1 aliphatic heterocycles. The molecular formula is C19H20N2O5S2. The van der Waals surface area contributed by atoms with Gasteiger partial charge in [0.25, 0.3) is 0 Å². The zero-order chi connectivity index (χ0) is 19.9. The van der Waals surface area contributed by atoms with E-state index >= 15 is 0 Å². The quantitative estimate of drug-likeness (QED) is 0.709. The van der Waals surface area contributed by atoms with Gasteiger partial charge < -0.3 is 9.63 Å². The molecular weight excluding hydrogens is 400 g/mol. The minimum atomic E-state index is -3.86. The molecule has 1 fully saturated rings. The second-order valence-electron chi connectivity index (χ2n) is 6.97. The Morgan fingerprint density at radius 3 is 2.79 bits per heavy atom. The fraction of sp³-hybridized carbons (Fsp3) is 0.368. The predicted molar refractivity (Wildman–Crippen MR) is 106 cm³/mol. The van der Waals surface area contributed by atoms with Crippen molar-refractivity contribution in [2.75, 3.05) is 0 Å². The highest BCUT2D eigenvalue weighted by molar-refractivity contribution is 8.18. The van der Waals surface area contributed by atoms with Gasteiger partial charge in [-0.05, 0) is 18.4 Å². The summed E-state index contributed by atoms with van der Waals surface area (Å²) in [7, 11) is -3.86. The van der Waals surface area contributed by atoms with Crippen molar-refractivity contribution < 1.29 is 22.8 Å². The van der Waals surface area contributed by atoms with Crippen molar-refractivity contribution in [3.8, 4) is 0 Å². The van der Waals surface area contributed by atoms with Crippen molar-refractivity contribution in [1.82, 2.24) is 9.88 Å². The molecule has 1 aliphatic carbocycles. The number of benzene rings is 1. The Morgan fingerprint density at radius 1 is 1.39 bits per heavy atom. The van der Waals surface area contributed by atoms with Gasteiger partial charge >= 0.3 is 5.97 Å². The van der Waals surface area contributed by atoms with Crippen molar-refractivity contribution in [2.45, 2.75) is 42.2 Å². The molecule has 0 radical (unpaired) electrons. The maximum Gasteiger partial charge on any atom is 0.325 e. The smallest absolute Gasteiger partial charge is 0.325 e. The van der Waals surface area contributed by atoms with Crippen LogP contribution in [-0.4, -0.2) is 34.8 Å². The van der Waals surface area contributed by atoms with Crippen LogP contribution >= 0.6 is 11.8 Å². The van der Waals surface area contributed by atoms with Crippen molar-refractivity contribution in [3.05, 3.63) is 59.5 Å². The van der Waals surface area contributed by atoms with Crippen molar-refractivity contribution in [1.29, 1.82) is 0 Å². The monoisotopic (exact) mass is 420 g/mol. The summed E-state index contributed by atoms with van der Waals surface area (Å²) < 4.78 is 32.8. The Balaban J connectivity index is 1.49. The number of carboxylic acids is 1. The minimum absolute atomic E-state index is 0.242. The van der Waals surface area contributed by atoms with E-state index in [-0.39, 0.29) is 18.8 Å². The van der Waals surface area contributed by atoms with Crippen LogP contribution in [0, 0.1) is 0 Å². The SMILES string of the molecule is CCc1cc(C2=CCC(S(=O)(=O)N[C@@]3(C(=O)O)C[C@@H]3c3ccccc3)S2)no1. The van der Waals surface area contributed by atoms with Crippen molar-refractivity contribution in [3.63, 3.8) is 0 Å². The lowest BCUT2D eigenvalue weighted by molar-refractivity contribution is -0.140. The zero-order valence-electron chi connectivity index (χ0n) is 15.2. The lowest BCUT2D eigenvalue weighted by Crippen LogP contribution is -2.47. The number of rotatable bonds is 7. The summed E-state index contributed by atoms with van der Waals surface area (Å²) in [6.07, 6.45) is 3.04. The number of aliphatic carboxylic acids is 1. The molecule has 1 saturated carbocycles. The molecule has 0 amide bonds. The maximum absolute atomic E-state index is 12.9. The van der Waals surface area contributed by atoms with Crippen LogP contribution < -0.4 is 4.72 Å². The van der Waals surface area contributed by atoms with Gasteiger partial charge in [0.2, 0.25) is 10.0 Å². The number of allylic oxidation sites excluding steroid dienone is 1. The number of aryl methyl sites for hydroxylation is 1. The first-order chi connectivity index (χ1) is 13.4. The first-order valence-corrected chi connectivity index (χ1v) is 11.4. The Morgan fingerprint density at radius 2 is 2.14 bits per heavy atom. The summed E-state index contributed by atoms with van der Waals surface area (Å²) in [6, 6.07) is 10.9. The number of thioether (sulfide) groups is 1. The van der Waals surface area contributed by atoms with Crippen LogP contribution in [0.5, 0.6) is 0 Å². The molecule has 2 aromatic rings. The molecule has 1 aromatic carbocycles. The van der Waals surface area contributed by atoms with Crippen LogP contribution in [0.1, 0.15) is 42.7 Å². The first-order valence-electron chi connectivity index (χ1n) is 8.99. The first kappa shape index (κ1) is 19.2. The molecule has 2 heterocycles. The highest BCUT2D eigenvalue weighted by Gasteiger charge is 2.63. The van der Waals surface area contributed by atoms with Crippen LogP contribution in [0.25, 0.3) is 4.91 Å². The van der Waals surface area contributed by atoms with Gasteiger partial charge in [0.05, 0.1) is 0 Å². The summed E-state index contributed by atoms with van der Waals surface area (Å²) in [4.78, 5) is 12.6. The van der Waals surface area contributed by atoms with Gasteiger partial charge in [-0.15, -0.1) is 11.8 Å². The maximum atomic E-state index is 12.9. The number of aromatic nitrogens is 1. The largest absolute Gasteiger partial charge is 0.480 e. The molecule has 148 valence electrons. The molecule has 0 spiro atoms. The number of nitrogens with one attached hydrogen (secondary N) is 1. The van der Waals surface area contributed by atoms with E-state index in [1.54, 1.807) is 12.1 Å². The lowest BCUT2D eigenvalue weighted by atomic mass is 10.1. The standard InChI is InChI=1S/C19H20N2O5S2/c1-2-13-10-15(20-26-13)16-8-9-17(27-16)28(24,25)21-19(18(22)23)11-14(19)12-6-4-3-5-7-12/h3-8,10,14,17,21H,2,9,11H2,1H3,(H,22,23)/t14-,17?,19+/m1/s1. The van der Waals surface area contributed by atoms with Gasteiger partial charge in [-0.2, -0.15) is 4.72 Å². The predicted octanol–water partition coefficient (Wildman–Crippen LogP) is 2.97. The van der Waals surface area contributed by atoms with Crippen LogP contribution in [0.15, 0.2) is 47.0 Å². The van der Waals surface area contributed by atoms with E-state index in [2.05, 4.69) is 9.88 Å². The fourth-order valence-corrected chi connectivity index (χ4v) is 6.60. The summed E-state index contributed by atoms with van der Waals surface area (Å²) >= 11 is 1.17. The second kappa shape index (κ2) is 7.06. The molecule has 1 aromatic heterocycles. The summed E-state index contributed by atoms with van der Waals surface area (Å²) in [5, 5.41) is 13.7. The van der Waals surface area contributed by atoms with Crippen LogP contribution in [0.4, 0.5) is 0 Å². The minimum Gasteiger partial charge on any atom is -0.480 e. The number of nitrogens with zero attached hydrogens (tertiary/aromatic N) is 1. The number of hydrogen-bond acceptors (Lipinski definition) is 6. The molecule has 0 bridgehead atoms. The number of carboxylic acid groups (broad SMARTS) is 1. The van der Waals surface area contributed by atoms with Gasteiger partial charge in [0.1, 0.15) is 21.6 Å². The second-order valence-corrected chi connectivity index (χ2v) is 10.4. The Hall–Kier alpha value is -2.10. The molecule has 9 heteroatoms. The topological polar surface area (TPSA) is 110 Å². The average molecular weight is 421 g/mol. The van der Waals surface area contributed by atoms with Crippen molar-refractivity contribution in [2.24, 2.45) is 0 Å². The normalized spacial score (nSPS) is 26.8. The van der Waals surface area contributed by atoms with E-state index in [1.165, 1.54) is 11.8 Å². The molecule has 3 atom stereocenters. The average Bonchev–Trinajstić information content (AvgIpc) is 3.05. The number of carbonyl (C=O) groups is 1. The van der Waals surface area contributed by atoms with Gasteiger partial charge in [0, 0.05) is 23.3 Å². The van der Waals surface area contributed by atoms with Gasteiger partial charge in [-0.25, -0.2) is 8.42 Å². The molecule has 1 unspecified atom stereocenters. The van der Waals surface area contributed by atoms with Crippen molar-refractivity contribution >= 4 is 32.7 Å². The van der Waals surface area contributed by atoms with E-state index < -0.39 is 26.1 Å². The van der Waals surface area contributed by atoms with E-state index in [0.717, 1.165) is 16.2 Å². The van der Waals surface area contributed by atoms with Gasteiger partial charge in [-0.3, -0.25) is 4.79 Å². The summed E-state index contributed by atoms with van der Waals surface area (Å²) in [5.41, 5.74) is -0.0477. The van der Waals surface area contributed by atoms with E-state index in [0.29, 0.717) is 12.1 Å². The third-order valence-corrected chi connectivity index (χ3v) is 8.80. The van der Waals surface area contributed by atoms with Crippen LogP contribution in [0.2, 0.25) is 0 Å². The molecule has 28 heavy (non-hydrogen) atoms. The Kier molecular flexibility index (Phi) is 4.84. The molecule has 0 saturated heterocycles. The Bertz CT molecular complexity index is 1030. The highest BCUT2D eigenvalue weighted by atomic mass is 32.3. The van der Waals surface area contributed by atoms with Crippen LogP contribution in [0.3, 0.4) is 0 Å². The highest BCUT2D eigenvalue weighted by Crippen LogP contribution is 2.53.